The second-order valence-corrected chi connectivity index (χ2v) is 6.46. The minimum absolute atomic E-state index is 0.0403. The van der Waals surface area contributed by atoms with E-state index < -0.39 is 18.5 Å². The molecular weight excluding hydrogens is 377 g/mol. The molecule has 2 aromatic rings. The highest BCUT2D eigenvalue weighted by atomic mass is 35.5. The van der Waals surface area contributed by atoms with Crippen LogP contribution in [0.4, 0.5) is 5.69 Å². The summed E-state index contributed by atoms with van der Waals surface area (Å²) in [6, 6.07) is 10.7. The Hall–Kier alpha value is -2.24. The number of carbonyl (C=O) groups is 2. The SMILES string of the molecule is Cc1ccc(C)c(OCCC(=O)OCC(=O)Nc2cccc(Cl)c2Cl)c1. The van der Waals surface area contributed by atoms with Crippen LogP contribution in [0.2, 0.25) is 10.0 Å². The first kappa shape index (κ1) is 20.1. The third-order valence-corrected chi connectivity index (χ3v) is 4.32. The van der Waals surface area contributed by atoms with E-state index in [1.54, 1.807) is 18.2 Å². The van der Waals surface area contributed by atoms with Gasteiger partial charge in [-0.25, -0.2) is 0 Å². The molecule has 0 aromatic heterocycles. The Morgan fingerprint density at radius 3 is 2.65 bits per heavy atom. The van der Waals surface area contributed by atoms with E-state index in [0.717, 1.165) is 16.9 Å². The van der Waals surface area contributed by atoms with Crippen LogP contribution < -0.4 is 10.1 Å². The highest BCUT2D eigenvalue weighted by Crippen LogP contribution is 2.29. The smallest absolute Gasteiger partial charge is 0.309 e. The van der Waals surface area contributed by atoms with Crippen molar-refractivity contribution in [2.75, 3.05) is 18.5 Å². The number of ether oxygens (including phenoxy) is 2. The van der Waals surface area contributed by atoms with Gasteiger partial charge in [0.05, 0.1) is 28.8 Å². The lowest BCUT2D eigenvalue weighted by atomic mass is 10.1. The Morgan fingerprint density at radius 2 is 1.88 bits per heavy atom. The highest BCUT2D eigenvalue weighted by Gasteiger charge is 2.11. The first-order chi connectivity index (χ1) is 12.4. The predicted octanol–water partition coefficient (Wildman–Crippen LogP) is 4.56. The van der Waals surface area contributed by atoms with E-state index in [0.29, 0.717) is 10.7 Å². The number of benzene rings is 2. The molecule has 0 heterocycles. The molecule has 0 bridgehead atoms. The molecule has 1 amide bonds. The largest absolute Gasteiger partial charge is 0.493 e. The zero-order chi connectivity index (χ0) is 19.1. The normalized spacial score (nSPS) is 10.3. The van der Waals surface area contributed by atoms with Crippen LogP contribution in [0.1, 0.15) is 17.5 Å². The van der Waals surface area contributed by atoms with E-state index in [1.807, 2.05) is 32.0 Å². The van der Waals surface area contributed by atoms with Crippen molar-refractivity contribution in [3.63, 3.8) is 0 Å². The Kier molecular flexibility index (Phi) is 7.30. The lowest BCUT2D eigenvalue weighted by Crippen LogP contribution is -2.21. The van der Waals surface area contributed by atoms with E-state index in [-0.39, 0.29) is 18.1 Å². The van der Waals surface area contributed by atoms with E-state index in [2.05, 4.69) is 5.32 Å². The number of esters is 1. The summed E-state index contributed by atoms with van der Waals surface area (Å²) in [5, 5.41) is 3.09. The predicted molar refractivity (Wildman–Crippen MR) is 102 cm³/mol. The van der Waals surface area contributed by atoms with Gasteiger partial charge in [-0.15, -0.1) is 0 Å². The maximum absolute atomic E-state index is 11.8. The molecule has 7 heteroatoms. The number of hydrogen-bond donors (Lipinski definition) is 1. The first-order valence-corrected chi connectivity index (χ1v) is 8.72. The van der Waals surface area contributed by atoms with E-state index >= 15 is 0 Å². The lowest BCUT2D eigenvalue weighted by Gasteiger charge is -2.10. The van der Waals surface area contributed by atoms with Gasteiger partial charge in [-0.3, -0.25) is 9.59 Å². The number of carbonyl (C=O) groups excluding carboxylic acids is 2. The number of nitrogens with one attached hydrogen (secondary N) is 1. The number of amides is 1. The zero-order valence-corrected chi connectivity index (χ0v) is 16.0. The van der Waals surface area contributed by atoms with Crippen LogP contribution in [0.5, 0.6) is 5.75 Å². The monoisotopic (exact) mass is 395 g/mol. The van der Waals surface area contributed by atoms with Gasteiger partial charge in [0.2, 0.25) is 0 Å². The third-order valence-electron chi connectivity index (χ3n) is 3.50. The molecule has 0 aliphatic rings. The Labute approximate surface area is 162 Å². The van der Waals surface area contributed by atoms with Gasteiger partial charge in [0, 0.05) is 0 Å². The van der Waals surface area contributed by atoms with Crippen molar-refractivity contribution in [1.29, 1.82) is 0 Å². The average molecular weight is 396 g/mol. The van der Waals surface area contributed by atoms with Gasteiger partial charge in [0.15, 0.2) is 6.61 Å². The van der Waals surface area contributed by atoms with Crippen LogP contribution in [0.25, 0.3) is 0 Å². The van der Waals surface area contributed by atoms with Crippen LogP contribution in [0.3, 0.4) is 0 Å². The van der Waals surface area contributed by atoms with Crippen LogP contribution in [0.15, 0.2) is 36.4 Å². The van der Waals surface area contributed by atoms with Crippen molar-refractivity contribution in [3.05, 3.63) is 57.6 Å². The molecule has 0 saturated heterocycles. The number of anilines is 1. The van der Waals surface area contributed by atoms with E-state index in [9.17, 15) is 9.59 Å². The summed E-state index contributed by atoms with van der Waals surface area (Å²) in [4.78, 5) is 23.6. The van der Waals surface area contributed by atoms with Crippen LogP contribution in [-0.2, 0) is 14.3 Å². The molecule has 0 saturated carbocycles. The fourth-order valence-electron chi connectivity index (χ4n) is 2.11. The molecule has 2 rings (SSSR count). The van der Waals surface area contributed by atoms with Gasteiger partial charge in [0.25, 0.3) is 5.91 Å². The lowest BCUT2D eigenvalue weighted by molar-refractivity contribution is -0.147. The Balaban J connectivity index is 1.73. The summed E-state index contributed by atoms with van der Waals surface area (Å²) in [6.45, 7) is 3.65. The topological polar surface area (TPSA) is 64.6 Å². The van der Waals surface area contributed by atoms with Crippen molar-refractivity contribution in [3.8, 4) is 5.75 Å². The van der Waals surface area contributed by atoms with Gasteiger partial charge in [-0.1, -0.05) is 41.4 Å². The summed E-state index contributed by atoms with van der Waals surface area (Å²) in [5.41, 5.74) is 2.42. The summed E-state index contributed by atoms with van der Waals surface area (Å²) < 4.78 is 10.5. The molecule has 0 aliphatic carbocycles. The Bertz CT molecular complexity index is 808. The van der Waals surface area contributed by atoms with Gasteiger partial charge in [0.1, 0.15) is 5.75 Å². The molecule has 0 unspecified atom stereocenters. The minimum Gasteiger partial charge on any atom is -0.493 e. The minimum atomic E-state index is -0.525. The summed E-state index contributed by atoms with van der Waals surface area (Å²) in [7, 11) is 0. The highest BCUT2D eigenvalue weighted by molar-refractivity contribution is 6.44. The van der Waals surface area contributed by atoms with Crippen molar-refractivity contribution < 1.29 is 19.1 Å². The molecule has 26 heavy (non-hydrogen) atoms. The molecule has 138 valence electrons. The first-order valence-electron chi connectivity index (χ1n) is 7.96. The van der Waals surface area contributed by atoms with Gasteiger partial charge < -0.3 is 14.8 Å². The number of rotatable bonds is 7. The quantitative estimate of drug-likeness (QED) is 0.697. The number of hydrogen-bond acceptors (Lipinski definition) is 4. The van der Waals surface area contributed by atoms with Crippen molar-refractivity contribution >= 4 is 40.8 Å². The van der Waals surface area contributed by atoms with Crippen LogP contribution in [0, 0.1) is 13.8 Å². The fraction of sp³-hybridized carbons (Fsp3) is 0.263. The molecule has 0 atom stereocenters. The van der Waals surface area contributed by atoms with Gasteiger partial charge in [-0.05, 0) is 43.2 Å². The molecule has 0 aliphatic heterocycles. The molecule has 0 radical (unpaired) electrons. The number of aryl methyl sites for hydroxylation is 2. The maximum atomic E-state index is 11.8. The molecule has 5 nitrogen and oxygen atoms in total. The maximum Gasteiger partial charge on any atom is 0.309 e. The van der Waals surface area contributed by atoms with E-state index in [4.69, 9.17) is 32.7 Å². The summed E-state index contributed by atoms with van der Waals surface area (Å²) >= 11 is 11.9. The van der Waals surface area contributed by atoms with E-state index in [1.165, 1.54) is 0 Å². The standard InChI is InChI=1S/C19H19Cl2NO4/c1-12-6-7-13(2)16(10-12)25-9-8-18(24)26-11-17(23)22-15-5-3-4-14(20)19(15)21/h3-7,10H,8-9,11H2,1-2H3,(H,22,23). The zero-order valence-electron chi connectivity index (χ0n) is 14.5. The van der Waals surface area contributed by atoms with Crippen LogP contribution >= 0.6 is 23.2 Å². The average Bonchev–Trinajstić information content (AvgIpc) is 2.60. The molecule has 0 fully saturated rings. The molecule has 1 N–H and O–H groups in total. The second-order valence-electron chi connectivity index (χ2n) is 5.68. The third kappa shape index (κ3) is 5.93. The Morgan fingerprint density at radius 1 is 1.12 bits per heavy atom. The number of halogens is 2. The molecule has 0 spiro atoms. The second kappa shape index (κ2) is 9.46. The van der Waals surface area contributed by atoms with Crippen molar-refractivity contribution in [2.24, 2.45) is 0 Å². The summed E-state index contributed by atoms with van der Waals surface area (Å²) in [6.07, 6.45) is 0.0403. The van der Waals surface area contributed by atoms with Crippen LogP contribution in [-0.4, -0.2) is 25.1 Å². The van der Waals surface area contributed by atoms with Crippen molar-refractivity contribution in [2.45, 2.75) is 20.3 Å². The molecular formula is C19H19Cl2NO4. The van der Waals surface area contributed by atoms with Crippen molar-refractivity contribution in [1.82, 2.24) is 0 Å². The van der Waals surface area contributed by atoms with Gasteiger partial charge >= 0.3 is 5.97 Å². The fourth-order valence-corrected chi connectivity index (χ4v) is 2.46. The summed E-state index contributed by atoms with van der Waals surface area (Å²) in [5.74, 6) is -0.299. The van der Waals surface area contributed by atoms with Gasteiger partial charge in [-0.2, -0.15) is 0 Å². The molecule has 2 aromatic carbocycles.